The highest BCUT2D eigenvalue weighted by molar-refractivity contribution is 9.10. The molecule has 0 saturated heterocycles. The molecule has 1 atom stereocenters. The molecule has 0 aromatic heterocycles. The summed E-state index contributed by atoms with van der Waals surface area (Å²) in [5.74, 6) is 0. The van der Waals surface area contributed by atoms with E-state index in [1.165, 1.54) is 11.1 Å². The number of benzene rings is 2. The number of rotatable bonds is 2. The Labute approximate surface area is 117 Å². The molecule has 0 bridgehead atoms. The van der Waals surface area contributed by atoms with Crippen LogP contribution >= 0.6 is 15.9 Å². The average Bonchev–Trinajstić information content (AvgIpc) is 2.33. The average molecular weight is 305 g/mol. The molecule has 2 heteroatoms. The molecule has 0 amide bonds. The lowest BCUT2D eigenvalue weighted by Crippen LogP contribution is -2.23. The van der Waals surface area contributed by atoms with Gasteiger partial charge in [0.2, 0.25) is 0 Å². The molecule has 2 aromatic rings. The highest BCUT2D eigenvalue weighted by Crippen LogP contribution is 2.34. The lowest BCUT2D eigenvalue weighted by molar-refractivity contribution is 0.101. The number of halogens is 1. The van der Waals surface area contributed by atoms with Crippen LogP contribution in [0, 0.1) is 13.8 Å². The molecule has 1 unspecified atom stereocenters. The molecule has 1 nitrogen and oxygen atoms in total. The van der Waals surface area contributed by atoms with E-state index in [4.69, 9.17) is 0 Å². The SMILES string of the molecule is Cc1ccc(C(C)(O)c2ccccc2Br)cc1C. The Morgan fingerprint density at radius 1 is 1.00 bits per heavy atom. The van der Waals surface area contributed by atoms with E-state index in [1.807, 2.05) is 37.3 Å². The molecule has 94 valence electrons. The fraction of sp³-hybridized carbons (Fsp3) is 0.250. The van der Waals surface area contributed by atoms with Crippen LogP contribution in [0.2, 0.25) is 0 Å². The molecule has 0 fully saturated rings. The number of aliphatic hydroxyl groups is 1. The molecule has 0 heterocycles. The minimum atomic E-state index is -0.988. The van der Waals surface area contributed by atoms with E-state index in [0.717, 1.165) is 15.6 Å². The van der Waals surface area contributed by atoms with Crippen molar-refractivity contribution >= 4 is 15.9 Å². The van der Waals surface area contributed by atoms with Crippen molar-refractivity contribution in [3.63, 3.8) is 0 Å². The van der Waals surface area contributed by atoms with E-state index in [0.29, 0.717) is 0 Å². The maximum Gasteiger partial charge on any atom is 0.113 e. The van der Waals surface area contributed by atoms with Crippen LogP contribution in [-0.2, 0) is 5.60 Å². The largest absolute Gasteiger partial charge is 0.381 e. The predicted molar refractivity (Wildman–Crippen MR) is 78.7 cm³/mol. The minimum Gasteiger partial charge on any atom is -0.381 e. The summed E-state index contributed by atoms with van der Waals surface area (Å²) in [6, 6.07) is 13.9. The zero-order valence-corrected chi connectivity index (χ0v) is 12.5. The molecular formula is C16H17BrO. The Balaban J connectivity index is 2.54. The Morgan fingerprint density at radius 2 is 1.67 bits per heavy atom. The molecule has 1 N–H and O–H groups in total. The van der Waals surface area contributed by atoms with Crippen molar-refractivity contribution < 1.29 is 5.11 Å². The summed E-state index contributed by atoms with van der Waals surface area (Å²) in [5, 5.41) is 10.8. The molecule has 0 aliphatic rings. The molecule has 0 radical (unpaired) electrons. The molecular weight excluding hydrogens is 288 g/mol. The summed E-state index contributed by atoms with van der Waals surface area (Å²) in [4.78, 5) is 0. The van der Waals surface area contributed by atoms with Crippen LogP contribution in [-0.4, -0.2) is 5.11 Å². The van der Waals surface area contributed by atoms with Crippen LogP contribution in [0.25, 0.3) is 0 Å². The van der Waals surface area contributed by atoms with Crippen molar-refractivity contribution in [2.75, 3.05) is 0 Å². The second-order valence-corrected chi connectivity index (χ2v) is 5.71. The monoisotopic (exact) mass is 304 g/mol. The van der Waals surface area contributed by atoms with Gasteiger partial charge in [0.05, 0.1) is 0 Å². The normalized spacial score (nSPS) is 14.3. The third-order valence-electron chi connectivity index (χ3n) is 3.47. The summed E-state index contributed by atoms with van der Waals surface area (Å²) in [7, 11) is 0. The predicted octanol–water partition coefficient (Wildman–Crippen LogP) is 4.32. The Bertz CT molecular complexity index is 573. The summed E-state index contributed by atoms with van der Waals surface area (Å²) >= 11 is 3.50. The first-order chi connectivity index (χ1) is 8.43. The van der Waals surface area contributed by atoms with Crippen LogP contribution < -0.4 is 0 Å². The summed E-state index contributed by atoms with van der Waals surface area (Å²) in [6.07, 6.45) is 0. The van der Waals surface area contributed by atoms with Gasteiger partial charge in [-0.15, -0.1) is 0 Å². The van der Waals surface area contributed by atoms with Crippen molar-refractivity contribution in [3.8, 4) is 0 Å². The van der Waals surface area contributed by atoms with Crippen LogP contribution in [0.4, 0.5) is 0 Å². The second-order valence-electron chi connectivity index (χ2n) is 4.85. The molecule has 18 heavy (non-hydrogen) atoms. The summed E-state index contributed by atoms with van der Waals surface area (Å²) in [6.45, 7) is 5.97. The van der Waals surface area contributed by atoms with E-state index in [1.54, 1.807) is 0 Å². The first kappa shape index (κ1) is 13.3. The van der Waals surface area contributed by atoms with E-state index in [-0.39, 0.29) is 0 Å². The van der Waals surface area contributed by atoms with Gasteiger partial charge in [-0.25, -0.2) is 0 Å². The molecule has 0 aliphatic heterocycles. The fourth-order valence-electron chi connectivity index (χ4n) is 2.06. The van der Waals surface area contributed by atoms with Crippen molar-refractivity contribution in [1.29, 1.82) is 0 Å². The quantitative estimate of drug-likeness (QED) is 0.876. The van der Waals surface area contributed by atoms with E-state index >= 15 is 0 Å². The summed E-state index contributed by atoms with van der Waals surface area (Å²) < 4.78 is 0.924. The first-order valence-electron chi connectivity index (χ1n) is 5.98. The van der Waals surface area contributed by atoms with Gasteiger partial charge >= 0.3 is 0 Å². The highest BCUT2D eigenvalue weighted by Gasteiger charge is 2.27. The van der Waals surface area contributed by atoms with Crippen LogP contribution in [0.3, 0.4) is 0 Å². The van der Waals surface area contributed by atoms with Gasteiger partial charge in [0.15, 0.2) is 0 Å². The van der Waals surface area contributed by atoms with Gasteiger partial charge in [0, 0.05) is 10.0 Å². The zero-order chi connectivity index (χ0) is 13.3. The molecule has 0 aliphatic carbocycles. The number of aryl methyl sites for hydroxylation is 2. The van der Waals surface area contributed by atoms with E-state index in [9.17, 15) is 5.11 Å². The minimum absolute atomic E-state index is 0.883. The maximum absolute atomic E-state index is 10.8. The smallest absolute Gasteiger partial charge is 0.113 e. The van der Waals surface area contributed by atoms with Crippen molar-refractivity contribution in [2.24, 2.45) is 0 Å². The topological polar surface area (TPSA) is 20.2 Å². The second kappa shape index (κ2) is 4.87. The maximum atomic E-state index is 10.8. The molecule has 2 rings (SSSR count). The van der Waals surface area contributed by atoms with Gasteiger partial charge in [0.1, 0.15) is 5.60 Å². The standard InChI is InChI=1S/C16H17BrO/c1-11-8-9-13(10-12(11)2)16(3,18)14-6-4-5-7-15(14)17/h4-10,18H,1-3H3. The molecule has 0 saturated carbocycles. The van der Waals surface area contributed by atoms with Crippen LogP contribution in [0.1, 0.15) is 29.2 Å². The van der Waals surface area contributed by atoms with Crippen molar-refractivity contribution in [2.45, 2.75) is 26.4 Å². The lowest BCUT2D eigenvalue weighted by Gasteiger charge is -2.26. The van der Waals surface area contributed by atoms with E-state index in [2.05, 4.69) is 41.9 Å². The molecule has 0 spiro atoms. The molecule has 2 aromatic carbocycles. The van der Waals surface area contributed by atoms with Crippen LogP contribution in [0.5, 0.6) is 0 Å². The van der Waals surface area contributed by atoms with Crippen LogP contribution in [0.15, 0.2) is 46.9 Å². The van der Waals surface area contributed by atoms with Gasteiger partial charge in [-0.3, -0.25) is 0 Å². The van der Waals surface area contributed by atoms with Gasteiger partial charge < -0.3 is 5.11 Å². The first-order valence-corrected chi connectivity index (χ1v) is 6.77. The Morgan fingerprint density at radius 3 is 2.28 bits per heavy atom. The van der Waals surface area contributed by atoms with E-state index < -0.39 is 5.60 Å². The van der Waals surface area contributed by atoms with Gasteiger partial charge in [-0.2, -0.15) is 0 Å². The fourth-order valence-corrected chi connectivity index (χ4v) is 2.73. The van der Waals surface area contributed by atoms with Gasteiger partial charge in [-0.1, -0.05) is 52.3 Å². The third-order valence-corrected chi connectivity index (χ3v) is 4.16. The van der Waals surface area contributed by atoms with Crippen molar-refractivity contribution in [1.82, 2.24) is 0 Å². The Hall–Kier alpha value is -1.12. The van der Waals surface area contributed by atoms with Gasteiger partial charge in [-0.05, 0) is 43.5 Å². The third kappa shape index (κ3) is 2.36. The van der Waals surface area contributed by atoms with Gasteiger partial charge in [0.25, 0.3) is 0 Å². The highest BCUT2D eigenvalue weighted by atomic mass is 79.9. The van der Waals surface area contributed by atoms with Crippen molar-refractivity contribution in [3.05, 3.63) is 69.2 Å². The zero-order valence-electron chi connectivity index (χ0n) is 10.9. The summed E-state index contributed by atoms with van der Waals surface area (Å²) in [5.41, 5.74) is 3.24. The lowest BCUT2D eigenvalue weighted by atomic mass is 9.87. The Kier molecular flexibility index (Phi) is 3.60. The number of hydrogen-bond acceptors (Lipinski definition) is 1. The number of hydrogen-bond donors (Lipinski definition) is 1.